The van der Waals surface area contributed by atoms with Gasteiger partial charge in [0.1, 0.15) is 11.5 Å². The first-order chi connectivity index (χ1) is 15.1. The summed E-state index contributed by atoms with van der Waals surface area (Å²) >= 11 is 0. The van der Waals surface area contributed by atoms with E-state index in [9.17, 15) is 37.3 Å². The van der Waals surface area contributed by atoms with Crippen molar-refractivity contribution in [3.63, 3.8) is 0 Å². The van der Waals surface area contributed by atoms with Gasteiger partial charge in [0, 0.05) is 36.1 Å². The molecule has 0 saturated carbocycles. The van der Waals surface area contributed by atoms with E-state index in [0.29, 0.717) is 18.6 Å². The fourth-order valence-corrected chi connectivity index (χ4v) is 4.33. The highest BCUT2D eigenvalue weighted by Gasteiger charge is 2.43. The number of carbonyl (C=O) groups excluding carboxylic acids is 2. The average Bonchev–Trinajstić information content (AvgIpc) is 2.72. The molecule has 1 unspecified atom stereocenters. The highest BCUT2D eigenvalue weighted by molar-refractivity contribution is 6.08. The maximum atomic E-state index is 14.5. The lowest BCUT2D eigenvalue weighted by molar-refractivity contribution is -0.384. The second-order valence-electron chi connectivity index (χ2n) is 7.60. The van der Waals surface area contributed by atoms with Crippen LogP contribution in [0.1, 0.15) is 42.7 Å². The van der Waals surface area contributed by atoms with Gasteiger partial charge in [-0.1, -0.05) is 18.2 Å². The van der Waals surface area contributed by atoms with E-state index >= 15 is 0 Å². The summed E-state index contributed by atoms with van der Waals surface area (Å²) in [5.41, 5.74) is -1.96. The number of Topliss-reactive ketones (excluding diaryl/α,β-unsaturated/α-hetero) is 1. The van der Waals surface area contributed by atoms with E-state index in [1.54, 1.807) is 6.07 Å². The van der Waals surface area contributed by atoms with Crippen LogP contribution in [-0.4, -0.2) is 16.6 Å². The van der Waals surface area contributed by atoms with Gasteiger partial charge in [-0.3, -0.25) is 24.6 Å². The smallest absolute Gasteiger partial charge is 0.294 e. The molecule has 1 aliphatic carbocycles. The molecule has 0 aromatic heterocycles. The van der Waals surface area contributed by atoms with Crippen LogP contribution in [0.3, 0.4) is 0 Å². The number of nitro groups is 1. The van der Waals surface area contributed by atoms with Gasteiger partial charge in [-0.05, 0) is 36.6 Å². The monoisotopic (exact) mass is 448 g/mol. The van der Waals surface area contributed by atoms with Crippen molar-refractivity contribution in [2.75, 3.05) is 4.90 Å². The molecule has 0 radical (unpaired) electrons. The number of alkyl halides is 3. The van der Waals surface area contributed by atoms with Crippen LogP contribution in [0.25, 0.3) is 0 Å². The van der Waals surface area contributed by atoms with Crippen LogP contribution in [-0.2, 0) is 15.8 Å². The van der Waals surface area contributed by atoms with Gasteiger partial charge < -0.3 is 0 Å². The number of allylic oxidation sites excluding steroid dienone is 2. The van der Waals surface area contributed by atoms with Gasteiger partial charge >= 0.3 is 6.18 Å². The minimum absolute atomic E-state index is 0.158. The lowest BCUT2D eigenvalue weighted by atomic mass is 9.77. The maximum Gasteiger partial charge on any atom is 0.416 e. The van der Waals surface area contributed by atoms with Crippen LogP contribution in [0.4, 0.5) is 28.9 Å². The summed E-state index contributed by atoms with van der Waals surface area (Å²) in [5, 5.41) is 11.6. The number of halogens is 4. The van der Waals surface area contributed by atoms with Crippen molar-refractivity contribution in [3.05, 3.63) is 80.8 Å². The Morgan fingerprint density at radius 1 is 1.06 bits per heavy atom. The van der Waals surface area contributed by atoms with Gasteiger partial charge in [0.2, 0.25) is 5.91 Å². The number of nitro benzene ring substituents is 1. The predicted molar refractivity (Wildman–Crippen MR) is 105 cm³/mol. The van der Waals surface area contributed by atoms with Gasteiger partial charge in [-0.15, -0.1) is 0 Å². The van der Waals surface area contributed by atoms with E-state index in [2.05, 4.69) is 0 Å². The third kappa shape index (κ3) is 3.65. The Balaban J connectivity index is 1.91. The molecule has 0 N–H and O–H groups in total. The molecule has 0 fully saturated rings. The summed E-state index contributed by atoms with van der Waals surface area (Å²) in [6.45, 7) is 0. The van der Waals surface area contributed by atoms with Gasteiger partial charge in [-0.25, -0.2) is 4.39 Å². The molecular formula is C22H16F4N2O4. The van der Waals surface area contributed by atoms with Crippen molar-refractivity contribution >= 4 is 23.1 Å². The Morgan fingerprint density at radius 2 is 1.78 bits per heavy atom. The van der Waals surface area contributed by atoms with Crippen LogP contribution in [0, 0.1) is 15.9 Å². The molecule has 1 aliphatic heterocycles. The first kappa shape index (κ1) is 21.7. The molecule has 2 aromatic rings. The van der Waals surface area contributed by atoms with Crippen molar-refractivity contribution < 1.29 is 32.1 Å². The summed E-state index contributed by atoms with van der Waals surface area (Å²) < 4.78 is 53.7. The summed E-state index contributed by atoms with van der Waals surface area (Å²) in [7, 11) is 0. The lowest BCUT2D eigenvalue weighted by Crippen LogP contribution is -2.41. The normalized spacial score (nSPS) is 19.2. The van der Waals surface area contributed by atoms with E-state index < -0.39 is 40.0 Å². The number of benzene rings is 2. The zero-order chi connectivity index (χ0) is 23.2. The van der Waals surface area contributed by atoms with Crippen LogP contribution in [0.15, 0.2) is 53.7 Å². The minimum atomic E-state index is -4.81. The number of amides is 1. The molecule has 32 heavy (non-hydrogen) atoms. The molecule has 0 spiro atoms. The second-order valence-corrected chi connectivity index (χ2v) is 7.60. The fourth-order valence-electron chi connectivity index (χ4n) is 4.33. The number of hydrogen-bond acceptors (Lipinski definition) is 4. The molecule has 4 rings (SSSR count). The average molecular weight is 448 g/mol. The zero-order valence-electron chi connectivity index (χ0n) is 16.5. The molecule has 10 heteroatoms. The van der Waals surface area contributed by atoms with E-state index in [1.165, 1.54) is 18.2 Å². The second kappa shape index (κ2) is 7.85. The molecule has 166 valence electrons. The van der Waals surface area contributed by atoms with Crippen molar-refractivity contribution in [3.8, 4) is 0 Å². The fraction of sp³-hybridized carbons (Fsp3) is 0.273. The number of nitrogens with zero attached hydrogens (tertiary/aromatic N) is 2. The van der Waals surface area contributed by atoms with Crippen molar-refractivity contribution in [2.24, 2.45) is 0 Å². The summed E-state index contributed by atoms with van der Waals surface area (Å²) in [6.07, 6.45) is -4.42. The highest BCUT2D eigenvalue weighted by Crippen LogP contribution is 2.46. The summed E-state index contributed by atoms with van der Waals surface area (Å²) in [4.78, 5) is 37.5. The van der Waals surface area contributed by atoms with E-state index in [0.717, 1.165) is 11.0 Å². The van der Waals surface area contributed by atoms with E-state index in [1.807, 2.05) is 0 Å². The van der Waals surface area contributed by atoms with Gasteiger partial charge in [-0.2, -0.15) is 13.2 Å². The number of hydrogen-bond donors (Lipinski definition) is 0. The zero-order valence-corrected chi connectivity index (χ0v) is 16.5. The first-order valence-corrected chi connectivity index (χ1v) is 9.79. The number of anilines is 1. The van der Waals surface area contributed by atoms with Gasteiger partial charge in [0.25, 0.3) is 5.69 Å². The Hall–Kier alpha value is -3.56. The molecule has 6 nitrogen and oxygen atoms in total. The largest absolute Gasteiger partial charge is 0.416 e. The lowest BCUT2D eigenvalue weighted by Gasteiger charge is -2.38. The summed E-state index contributed by atoms with van der Waals surface area (Å²) in [5.74, 6) is -2.43. The van der Waals surface area contributed by atoms with Crippen LogP contribution in [0.5, 0.6) is 0 Å². The molecule has 0 saturated heterocycles. The Morgan fingerprint density at radius 3 is 2.44 bits per heavy atom. The Kier molecular flexibility index (Phi) is 5.31. The Labute approximate surface area is 179 Å². The maximum absolute atomic E-state index is 14.5. The first-order valence-electron chi connectivity index (χ1n) is 9.79. The predicted octanol–water partition coefficient (Wildman–Crippen LogP) is 5.28. The molecule has 1 atom stereocenters. The van der Waals surface area contributed by atoms with Crippen molar-refractivity contribution in [1.29, 1.82) is 0 Å². The topological polar surface area (TPSA) is 80.5 Å². The quantitative estimate of drug-likeness (QED) is 0.364. The molecule has 2 aromatic carbocycles. The summed E-state index contributed by atoms with van der Waals surface area (Å²) in [6, 6.07) is 7.62. The van der Waals surface area contributed by atoms with E-state index in [4.69, 9.17) is 0 Å². The van der Waals surface area contributed by atoms with Crippen LogP contribution >= 0.6 is 0 Å². The molecular weight excluding hydrogens is 432 g/mol. The highest BCUT2D eigenvalue weighted by atomic mass is 19.4. The van der Waals surface area contributed by atoms with Crippen LogP contribution < -0.4 is 4.90 Å². The number of ketones is 1. The third-order valence-corrected chi connectivity index (χ3v) is 5.70. The van der Waals surface area contributed by atoms with Crippen molar-refractivity contribution in [2.45, 2.75) is 37.8 Å². The SMILES string of the molecule is O=C1CCCC2=C1C(c1ccccc1F)CC(=O)N2c1ccc(C(F)(F)F)cc1[N+](=O)[O-]. The molecule has 0 bridgehead atoms. The number of rotatable bonds is 3. The molecule has 1 heterocycles. The minimum Gasteiger partial charge on any atom is -0.294 e. The van der Waals surface area contributed by atoms with Crippen molar-refractivity contribution in [1.82, 2.24) is 0 Å². The standard InChI is InChI=1S/C22H16F4N2O4/c23-15-5-2-1-4-13(15)14-11-20(30)27(17-6-3-7-19(29)21(14)17)16-9-8-12(22(24,25)26)10-18(16)28(31)32/h1-2,4-5,8-10,14H,3,6-7,11H2. The van der Waals surface area contributed by atoms with Gasteiger partial charge in [0.05, 0.1) is 10.5 Å². The number of carbonyl (C=O) groups is 2. The Bertz CT molecular complexity index is 1170. The van der Waals surface area contributed by atoms with Crippen LogP contribution in [0.2, 0.25) is 0 Å². The molecule has 2 aliphatic rings. The van der Waals surface area contributed by atoms with E-state index in [-0.39, 0.29) is 47.6 Å². The molecule has 1 amide bonds. The van der Waals surface area contributed by atoms with Gasteiger partial charge in [0.15, 0.2) is 5.78 Å². The third-order valence-electron chi connectivity index (χ3n) is 5.70.